The van der Waals surface area contributed by atoms with Crippen LogP contribution in [0.2, 0.25) is 0 Å². The number of aromatic nitrogens is 3. The zero-order chi connectivity index (χ0) is 13.2. The molecule has 0 aromatic carbocycles. The van der Waals surface area contributed by atoms with Gasteiger partial charge in [-0.2, -0.15) is 0 Å². The van der Waals surface area contributed by atoms with Gasteiger partial charge >= 0.3 is 0 Å². The molecule has 0 spiro atoms. The van der Waals surface area contributed by atoms with Gasteiger partial charge in [0.05, 0.1) is 6.04 Å². The first-order valence-electron chi connectivity index (χ1n) is 7.12. The number of carbonyl (C=O) groups excluding carboxylic acids is 1. The number of rotatable bonds is 2. The zero-order valence-electron chi connectivity index (χ0n) is 11.4. The van der Waals surface area contributed by atoms with Crippen LogP contribution in [-0.4, -0.2) is 51.2 Å². The first-order valence-corrected chi connectivity index (χ1v) is 7.12. The quantitative estimate of drug-likeness (QED) is 0.832. The second-order valence-electron chi connectivity index (χ2n) is 5.57. The number of likely N-dealkylation sites (tertiary alicyclic amines) is 1. The Hall–Kier alpha value is -1.43. The van der Waals surface area contributed by atoms with Crippen molar-refractivity contribution < 1.29 is 4.79 Å². The minimum absolute atomic E-state index is 0.0400. The molecule has 2 aliphatic rings. The fourth-order valence-electron chi connectivity index (χ4n) is 3.17. The van der Waals surface area contributed by atoms with Crippen LogP contribution >= 0.6 is 0 Å². The average molecular weight is 263 g/mol. The van der Waals surface area contributed by atoms with Crippen molar-refractivity contribution in [2.75, 3.05) is 19.6 Å². The van der Waals surface area contributed by atoms with Crippen molar-refractivity contribution in [1.82, 2.24) is 25.0 Å². The monoisotopic (exact) mass is 263 g/mol. The molecule has 2 aliphatic heterocycles. The Kier molecular flexibility index (Phi) is 3.50. The van der Waals surface area contributed by atoms with Crippen LogP contribution in [0.15, 0.2) is 6.33 Å². The van der Waals surface area contributed by atoms with E-state index in [2.05, 4.69) is 15.5 Å². The molecule has 6 nitrogen and oxygen atoms in total. The maximum atomic E-state index is 12.4. The summed E-state index contributed by atoms with van der Waals surface area (Å²) >= 11 is 0. The van der Waals surface area contributed by atoms with Gasteiger partial charge in [0.1, 0.15) is 12.2 Å². The summed E-state index contributed by atoms with van der Waals surface area (Å²) < 4.78 is 1.96. The highest BCUT2D eigenvalue weighted by atomic mass is 16.2. The molecule has 1 unspecified atom stereocenters. The normalized spacial score (nSPS) is 27.7. The van der Waals surface area contributed by atoms with Crippen LogP contribution in [0.25, 0.3) is 0 Å². The van der Waals surface area contributed by atoms with Gasteiger partial charge < -0.3 is 14.8 Å². The lowest BCUT2D eigenvalue weighted by molar-refractivity contribution is -0.134. The largest absolute Gasteiger partial charge is 0.341 e. The maximum absolute atomic E-state index is 12.4. The van der Waals surface area contributed by atoms with Gasteiger partial charge in [0.25, 0.3) is 0 Å². The molecule has 0 radical (unpaired) electrons. The average Bonchev–Trinajstić information content (AvgIpc) is 3.09. The minimum Gasteiger partial charge on any atom is -0.341 e. The van der Waals surface area contributed by atoms with Crippen molar-refractivity contribution in [1.29, 1.82) is 0 Å². The van der Waals surface area contributed by atoms with Crippen LogP contribution < -0.4 is 5.32 Å². The van der Waals surface area contributed by atoms with Crippen LogP contribution in [0.4, 0.5) is 0 Å². The summed E-state index contributed by atoms with van der Waals surface area (Å²) in [6.45, 7) is 2.63. The van der Waals surface area contributed by atoms with Crippen LogP contribution in [0.3, 0.4) is 0 Å². The molecule has 1 amide bonds. The summed E-state index contributed by atoms with van der Waals surface area (Å²) in [5.74, 6) is 1.59. The molecule has 0 bridgehead atoms. The standard InChI is InChI=1S/C13H21N5O/c1-17-9-15-16-12(17)10-4-3-7-18(8-10)13(19)11-5-2-6-14-11/h9-11,14H,2-8H2,1H3/t10?,11-/m0/s1. The van der Waals surface area contributed by atoms with E-state index in [4.69, 9.17) is 0 Å². The Morgan fingerprint density at radius 2 is 2.32 bits per heavy atom. The molecule has 0 aliphatic carbocycles. The molecule has 3 rings (SSSR count). The highest BCUT2D eigenvalue weighted by Gasteiger charge is 2.32. The van der Waals surface area contributed by atoms with Gasteiger partial charge in [-0.3, -0.25) is 4.79 Å². The Labute approximate surface area is 113 Å². The van der Waals surface area contributed by atoms with Gasteiger partial charge in [0.2, 0.25) is 5.91 Å². The summed E-state index contributed by atoms with van der Waals surface area (Å²) in [5, 5.41) is 11.4. The minimum atomic E-state index is 0.0400. The third-order valence-electron chi connectivity index (χ3n) is 4.20. The van der Waals surface area contributed by atoms with E-state index in [0.29, 0.717) is 5.92 Å². The number of piperidine rings is 1. The molecule has 6 heteroatoms. The van der Waals surface area contributed by atoms with E-state index >= 15 is 0 Å². The number of hydrogen-bond donors (Lipinski definition) is 1. The Bertz CT molecular complexity index is 452. The highest BCUT2D eigenvalue weighted by molar-refractivity contribution is 5.82. The molecular weight excluding hydrogens is 242 g/mol. The van der Waals surface area contributed by atoms with Crippen LogP contribution in [0, 0.1) is 0 Å². The lowest BCUT2D eigenvalue weighted by atomic mass is 9.96. The third-order valence-corrected chi connectivity index (χ3v) is 4.20. The Balaban J connectivity index is 1.68. The SMILES string of the molecule is Cn1cnnc1C1CCCN(C(=O)[C@@H]2CCCN2)C1. The first kappa shape index (κ1) is 12.6. The Morgan fingerprint density at radius 3 is 3.00 bits per heavy atom. The second kappa shape index (κ2) is 5.28. The summed E-state index contributed by atoms with van der Waals surface area (Å²) in [7, 11) is 1.97. The van der Waals surface area contributed by atoms with Gasteiger partial charge in [-0.1, -0.05) is 0 Å². The molecule has 1 aromatic rings. The van der Waals surface area contributed by atoms with E-state index in [1.165, 1.54) is 0 Å². The molecule has 3 heterocycles. The van der Waals surface area contributed by atoms with Crippen molar-refractivity contribution in [3.8, 4) is 0 Å². The van der Waals surface area contributed by atoms with Gasteiger partial charge in [0, 0.05) is 26.1 Å². The fourth-order valence-corrected chi connectivity index (χ4v) is 3.17. The molecular formula is C13H21N5O. The number of carbonyl (C=O) groups is 1. The predicted molar refractivity (Wildman–Crippen MR) is 70.6 cm³/mol. The van der Waals surface area contributed by atoms with Crippen LogP contribution in [0.5, 0.6) is 0 Å². The van der Waals surface area contributed by atoms with E-state index in [1.807, 2.05) is 16.5 Å². The molecule has 1 aromatic heterocycles. The molecule has 2 saturated heterocycles. The van der Waals surface area contributed by atoms with Crippen molar-refractivity contribution in [2.45, 2.75) is 37.6 Å². The summed E-state index contributed by atoms with van der Waals surface area (Å²) in [6, 6.07) is 0.0400. The molecule has 104 valence electrons. The predicted octanol–water partition coefficient (Wildman–Crippen LogP) is 0.273. The van der Waals surface area contributed by atoms with Crippen LogP contribution in [-0.2, 0) is 11.8 Å². The second-order valence-corrected chi connectivity index (χ2v) is 5.57. The Morgan fingerprint density at radius 1 is 1.42 bits per heavy atom. The van der Waals surface area contributed by atoms with Crippen molar-refractivity contribution in [3.63, 3.8) is 0 Å². The molecule has 0 saturated carbocycles. The fraction of sp³-hybridized carbons (Fsp3) is 0.769. The third kappa shape index (κ3) is 2.49. The van der Waals surface area contributed by atoms with Gasteiger partial charge in [-0.05, 0) is 32.2 Å². The number of nitrogens with zero attached hydrogens (tertiary/aromatic N) is 4. The molecule has 19 heavy (non-hydrogen) atoms. The van der Waals surface area contributed by atoms with E-state index in [1.54, 1.807) is 6.33 Å². The smallest absolute Gasteiger partial charge is 0.239 e. The van der Waals surface area contributed by atoms with E-state index in [9.17, 15) is 4.79 Å². The topological polar surface area (TPSA) is 63.1 Å². The summed E-state index contributed by atoms with van der Waals surface area (Å²) in [6.07, 6.45) is 5.96. The van der Waals surface area contributed by atoms with E-state index in [-0.39, 0.29) is 11.9 Å². The summed E-state index contributed by atoms with van der Waals surface area (Å²) in [5.41, 5.74) is 0. The number of amides is 1. The lowest BCUT2D eigenvalue weighted by Gasteiger charge is -2.33. The summed E-state index contributed by atoms with van der Waals surface area (Å²) in [4.78, 5) is 14.4. The highest BCUT2D eigenvalue weighted by Crippen LogP contribution is 2.26. The molecule has 1 N–H and O–H groups in total. The van der Waals surface area contributed by atoms with Crippen molar-refractivity contribution >= 4 is 5.91 Å². The van der Waals surface area contributed by atoms with Crippen molar-refractivity contribution in [3.05, 3.63) is 12.2 Å². The molecule has 2 fully saturated rings. The van der Waals surface area contributed by atoms with Gasteiger partial charge in [0.15, 0.2) is 0 Å². The van der Waals surface area contributed by atoms with E-state index < -0.39 is 0 Å². The van der Waals surface area contributed by atoms with Crippen molar-refractivity contribution in [2.24, 2.45) is 7.05 Å². The van der Waals surface area contributed by atoms with Crippen LogP contribution in [0.1, 0.15) is 37.4 Å². The molecule has 2 atom stereocenters. The number of nitrogens with one attached hydrogen (secondary N) is 1. The van der Waals surface area contributed by atoms with Gasteiger partial charge in [-0.25, -0.2) is 0 Å². The number of aryl methyl sites for hydroxylation is 1. The lowest BCUT2D eigenvalue weighted by Crippen LogP contribution is -2.47. The van der Waals surface area contributed by atoms with Gasteiger partial charge in [-0.15, -0.1) is 10.2 Å². The van der Waals surface area contributed by atoms with E-state index in [0.717, 1.165) is 51.1 Å². The number of hydrogen-bond acceptors (Lipinski definition) is 4. The zero-order valence-corrected chi connectivity index (χ0v) is 11.4. The maximum Gasteiger partial charge on any atom is 0.239 e. The first-order chi connectivity index (χ1) is 9.25.